The highest BCUT2D eigenvalue weighted by molar-refractivity contribution is 5.88. The molecule has 0 N–H and O–H groups in total. The monoisotopic (exact) mass is 296 g/mol. The first-order chi connectivity index (χ1) is 9.81. The van der Waals surface area contributed by atoms with E-state index in [9.17, 15) is 14.4 Å². The minimum Gasteiger partial charge on any atom is -0.458 e. The molecule has 5 atom stereocenters. The van der Waals surface area contributed by atoms with Gasteiger partial charge in [-0.05, 0) is 19.3 Å². The van der Waals surface area contributed by atoms with Gasteiger partial charge in [-0.2, -0.15) is 0 Å². The van der Waals surface area contributed by atoms with Crippen LogP contribution in [0.2, 0.25) is 0 Å². The van der Waals surface area contributed by atoms with E-state index in [1.165, 1.54) is 6.92 Å². The lowest BCUT2D eigenvalue weighted by Crippen LogP contribution is -2.34. The summed E-state index contributed by atoms with van der Waals surface area (Å²) in [6.07, 6.45) is -0.0793. The predicted octanol–water partition coefficient (Wildman–Crippen LogP) is 1.23. The third-order valence-electron chi connectivity index (χ3n) is 4.15. The highest BCUT2D eigenvalue weighted by atomic mass is 16.6. The van der Waals surface area contributed by atoms with Gasteiger partial charge in [0, 0.05) is 11.5 Å². The van der Waals surface area contributed by atoms with E-state index in [0.29, 0.717) is 0 Å². The highest BCUT2D eigenvalue weighted by Crippen LogP contribution is 2.44. The molecule has 2 rings (SSSR count). The molecule has 116 valence electrons. The lowest BCUT2D eigenvalue weighted by Gasteiger charge is -2.21. The number of rotatable bonds is 4. The van der Waals surface area contributed by atoms with Gasteiger partial charge < -0.3 is 14.2 Å². The van der Waals surface area contributed by atoms with Gasteiger partial charge >= 0.3 is 17.9 Å². The normalized spacial score (nSPS) is 34.0. The molecule has 1 heterocycles. The summed E-state index contributed by atoms with van der Waals surface area (Å²) < 4.78 is 15.4. The Balaban J connectivity index is 1.90. The molecule has 1 aliphatic carbocycles. The van der Waals surface area contributed by atoms with Gasteiger partial charge in [-0.25, -0.2) is 9.59 Å². The zero-order chi connectivity index (χ0) is 15.7. The van der Waals surface area contributed by atoms with Crippen molar-refractivity contribution in [3.63, 3.8) is 0 Å². The molecule has 6 heteroatoms. The number of carbonyl (C=O) groups is 3. The second-order valence-corrected chi connectivity index (χ2v) is 5.88. The summed E-state index contributed by atoms with van der Waals surface area (Å²) in [4.78, 5) is 34.5. The van der Waals surface area contributed by atoms with Crippen LogP contribution in [0.1, 0.15) is 27.2 Å². The lowest BCUT2D eigenvalue weighted by atomic mass is 9.93. The molecule has 5 unspecified atom stereocenters. The summed E-state index contributed by atoms with van der Waals surface area (Å²) in [5, 5.41) is 0. The lowest BCUT2D eigenvalue weighted by molar-refractivity contribution is -0.169. The third kappa shape index (κ3) is 3.09. The van der Waals surface area contributed by atoms with Crippen LogP contribution in [-0.2, 0) is 28.6 Å². The first-order valence-electron chi connectivity index (χ1n) is 7.04. The van der Waals surface area contributed by atoms with Gasteiger partial charge in [-0.3, -0.25) is 4.79 Å². The Morgan fingerprint density at radius 2 is 2.05 bits per heavy atom. The zero-order valence-electron chi connectivity index (χ0n) is 12.5. The van der Waals surface area contributed by atoms with Crippen molar-refractivity contribution in [2.45, 2.75) is 39.4 Å². The standard InChI is InChI=1S/C15H20O6/c1-7(2)14(17)19-6-11(16)20-12-8(3)5-10-9(4)15(18)21-13(10)12/h8-10,12-13H,1,5-6H2,2-4H3. The van der Waals surface area contributed by atoms with Gasteiger partial charge in [0.25, 0.3) is 0 Å². The Morgan fingerprint density at radius 1 is 1.38 bits per heavy atom. The predicted molar refractivity (Wildman–Crippen MR) is 72.0 cm³/mol. The Bertz CT molecular complexity index is 483. The molecule has 0 aromatic carbocycles. The molecule has 0 aromatic rings. The number of fused-ring (bicyclic) bond motifs is 1. The minimum absolute atomic E-state index is 0.0864. The molecule has 21 heavy (non-hydrogen) atoms. The van der Waals surface area contributed by atoms with Gasteiger partial charge in [0.05, 0.1) is 5.92 Å². The van der Waals surface area contributed by atoms with Crippen LogP contribution in [-0.4, -0.2) is 36.7 Å². The topological polar surface area (TPSA) is 78.9 Å². The first kappa shape index (κ1) is 15.5. The van der Waals surface area contributed by atoms with Gasteiger partial charge in [0.15, 0.2) is 6.61 Å². The van der Waals surface area contributed by atoms with Crippen LogP contribution < -0.4 is 0 Å². The van der Waals surface area contributed by atoms with E-state index in [1.807, 2.05) is 13.8 Å². The van der Waals surface area contributed by atoms with Gasteiger partial charge in [0.1, 0.15) is 12.2 Å². The molecule has 1 saturated carbocycles. The Kier molecular flexibility index (Phi) is 4.34. The maximum atomic E-state index is 11.8. The van der Waals surface area contributed by atoms with Gasteiger partial charge in [-0.15, -0.1) is 0 Å². The maximum absolute atomic E-state index is 11.8. The van der Waals surface area contributed by atoms with Crippen LogP contribution in [0.4, 0.5) is 0 Å². The summed E-state index contributed by atoms with van der Waals surface area (Å²) in [7, 11) is 0. The SMILES string of the molecule is C=C(C)C(=O)OCC(=O)OC1C(C)CC2C(C)C(=O)OC21. The maximum Gasteiger partial charge on any atom is 0.344 e. The van der Waals surface area contributed by atoms with Crippen molar-refractivity contribution < 1.29 is 28.6 Å². The van der Waals surface area contributed by atoms with Crippen molar-refractivity contribution in [1.82, 2.24) is 0 Å². The second-order valence-electron chi connectivity index (χ2n) is 5.88. The highest BCUT2D eigenvalue weighted by Gasteiger charge is 2.54. The molecule has 1 saturated heterocycles. The average Bonchev–Trinajstić information content (AvgIpc) is 2.86. The Morgan fingerprint density at radius 3 is 2.67 bits per heavy atom. The molecule has 6 nitrogen and oxygen atoms in total. The number of ether oxygens (including phenoxy) is 3. The number of esters is 3. The molecular weight excluding hydrogens is 276 g/mol. The van der Waals surface area contributed by atoms with Crippen LogP contribution in [0.25, 0.3) is 0 Å². The fourth-order valence-corrected chi connectivity index (χ4v) is 2.94. The smallest absolute Gasteiger partial charge is 0.344 e. The van der Waals surface area contributed by atoms with Crippen molar-refractivity contribution in [1.29, 1.82) is 0 Å². The van der Waals surface area contributed by atoms with E-state index in [1.54, 1.807) is 0 Å². The van der Waals surface area contributed by atoms with E-state index >= 15 is 0 Å². The number of hydrogen-bond donors (Lipinski definition) is 0. The average molecular weight is 296 g/mol. The van der Waals surface area contributed by atoms with E-state index in [0.717, 1.165) is 6.42 Å². The quantitative estimate of drug-likeness (QED) is 0.441. The van der Waals surface area contributed by atoms with E-state index in [4.69, 9.17) is 14.2 Å². The van der Waals surface area contributed by atoms with Crippen LogP contribution >= 0.6 is 0 Å². The molecule has 0 radical (unpaired) electrons. The number of carbonyl (C=O) groups excluding carboxylic acids is 3. The van der Waals surface area contributed by atoms with Crippen molar-refractivity contribution in [2.75, 3.05) is 6.61 Å². The molecule has 2 aliphatic rings. The summed E-state index contributed by atoms with van der Waals surface area (Å²) in [6.45, 7) is 8.25. The molecular formula is C15H20O6. The van der Waals surface area contributed by atoms with Crippen LogP contribution in [0, 0.1) is 17.8 Å². The van der Waals surface area contributed by atoms with Crippen molar-refractivity contribution in [2.24, 2.45) is 17.8 Å². The number of hydrogen-bond acceptors (Lipinski definition) is 6. The van der Waals surface area contributed by atoms with Gasteiger partial charge in [-0.1, -0.05) is 20.4 Å². The summed E-state index contributed by atoms with van der Waals surface area (Å²) in [5.74, 6) is -1.49. The molecule has 0 aromatic heterocycles. The second kappa shape index (κ2) is 5.87. The third-order valence-corrected chi connectivity index (χ3v) is 4.15. The van der Waals surface area contributed by atoms with E-state index in [-0.39, 0.29) is 35.4 Å². The Labute approximate surface area is 123 Å². The summed E-state index contributed by atoms with van der Waals surface area (Å²) >= 11 is 0. The van der Waals surface area contributed by atoms with Crippen molar-refractivity contribution >= 4 is 17.9 Å². The zero-order valence-corrected chi connectivity index (χ0v) is 12.5. The van der Waals surface area contributed by atoms with Crippen LogP contribution in [0.5, 0.6) is 0 Å². The van der Waals surface area contributed by atoms with E-state index < -0.39 is 24.6 Å². The fraction of sp³-hybridized carbons (Fsp3) is 0.667. The van der Waals surface area contributed by atoms with E-state index in [2.05, 4.69) is 6.58 Å². The molecule has 0 amide bonds. The van der Waals surface area contributed by atoms with Crippen molar-refractivity contribution in [3.05, 3.63) is 12.2 Å². The Hall–Kier alpha value is -1.85. The minimum atomic E-state index is -0.641. The molecule has 0 bridgehead atoms. The van der Waals surface area contributed by atoms with Crippen molar-refractivity contribution in [3.8, 4) is 0 Å². The fourth-order valence-electron chi connectivity index (χ4n) is 2.94. The summed E-state index contributed by atoms with van der Waals surface area (Å²) in [5.41, 5.74) is 0.218. The molecule has 1 aliphatic heterocycles. The molecule has 2 fully saturated rings. The summed E-state index contributed by atoms with van der Waals surface area (Å²) in [6, 6.07) is 0. The first-order valence-corrected chi connectivity index (χ1v) is 7.04. The largest absolute Gasteiger partial charge is 0.458 e. The molecule has 0 spiro atoms. The van der Waals surface area contributed by atoms with Crippen LogP contribution in [0.15, 0.2) is 12.2 Å². The van der Waals surface area contributed by atoms with Crippen LogP contribution in [0.3, 0.4) is 0 Å². The van der Waals surface area contributed by atoms with Gasteiger partial charge in [0.2, 0.25) is 0 Å².